The van der Waals surface area contributed by atoms with Crippen LogP contribution in [0.2, 0.25) is 0 Å². The molecular weight excluding hydrogens is 372 g/mol. The molecule has 3 amide bonds. The summed E-state index contributed by atoms with van der Waals surface area (Å²) < 4.78 is 4.57. The number of hydrogen-bond acceptors (Lipinski definition) is 7. The number of amides is 3. The standard InChI is InChI=1S/C17H18N4O5S/c1-18-16(25)21-15(24)14(10-6-4-3-5-7-10)27-17-19-11(8-12(22)20-17)9-13(23)26-2/h3-8,14H,9H2,1-2H3,(H,19,20,22)(H2,18,21,24,25)/t14-/m0/s1. The lowest BCUT2D eigenvalue weighted by Crippen LogP contribution is -2.39. The number of imide groups is 1. The second-order valence-corrected chi connectivity index (χ2v) is 6.37. The summed E-state index contributed by atoms with van der Waals surface area (Å²) in [5.74, 6) is -1.12. The highest BCUT2D eigenvalue weighted by Crippen LogP contribution is 2.33. The van der Waals surface area contributed by atoms with Crippen molar-refractivity contribution in [3.63, 3.8) is 0 Å². The van der Waals surface area contributed by atoms with Crippen molar-refractivity contribution < 1.29 is 19.1 Å². The summed E-state index contributed by atoms with van der Waals surface area (Å²) in [7, 11) is 2.63. The minimum Gasteiger partial charge on any atom is -0.469 e. The molecule has 1 aromatic carbocycles. The molecule has 9 nitrogen and oxygen atoms in total. The number of carbonyl (C=O) groups excluding carboxylic acids is 3. The first-order valence-electron chi connectivity index (χ1n) is 7.84. The van der Waals surface area contributed by atoms with Gasteiger partial charge in [0.15, 0.2) is 5.16 Å². The molecular formula is C17H18N4O5S. The van der Waals surface area contributed by atoms with Crippen molar-refractivity contribution in [1.82, 2.24) is 20.6 Å². The number of methoxy groups -OCH3 is 1. The Labute approximate surface area is 158 Å². The lowest BCUT2D eigenvalue weighted by Gasteiger charge is -2.16. The zero-order chi connectivity index (χ0) is 19.8. The Hall–Kier alpha value is -3.14. The van der Waals surface area contributed by atoms with E-state index >= 15 is 0 Å². The number of urea groups is 1. The van der Waals surface area contributed by atoms with E-state index in [2.05, 4.69) is 25.3 Å². The molecule has 10 heteroatoms. The molecule has 0 aliphatic carbocycles. The third-order valence-electron chi connectivity index (χ3n) is 3.36. The van der Waals surface area contributed by atoms with E-state index in [0.717, 1.165) is 11.8 Å². The van der Waals surface area contributed by atoms with Gasteiger partial charge in [-0.3, -0.25) is 19.7 Å². The molecule has 1 atom stereocenters. The second-order valence-electron chi connectivity index (χ2n) is 5.27. The molecule has 0 bridgehead atoms. The normalized spacial score (nSPS) is 11.3. The number of ether oxygens (including phenoxy) is 1. The Kier molecular flexibility index (Phi) is 7.12. The van der Waals surface area contributed by atoms with Crippen LogP contribution in [-0.4, -0.2) is 42.0 Å². The van der Waals surface area contributed by atoms with Crippen LogP contribution in [0.1, 0.15) is 16.5 Å². The summed E-state index contributed by atoms with van der Waals surface area (Å²) in [5.41, 5.74) is 0.362. The Morgan fingerprint density at radius 3 is 2.59 bits per heavy atom. The summed E-state index contributed by atoms with van der Waals surface area (Å²) in [6.45, 7) is 0. The summed E-state index contributed by atoms with van der Waals surface area (Å²) in [6.07, 6.45) is -0.172. The highest BCUT2D eigenvalue weighted by Gasteiger charge is 2.25. The molecule has 0 saturated heterocycles. The first-order chi connectivity index (χ1) is 12.9. The maximum Gasteiger partial charge on any atom is 0.321 e. The smallest absolute Gasteiger partial charge is 0.321 e. The van der Waals surface area contributed by atoms with Crippen molar-refractivity contribution >= 4 is 29.7 Å². The van der Waals surface area contributed by atoms with Crippen molar-refractivity contribution in [2.45, 2.75) is 16.8 Å². The van der Waals surface area contributed by atoms with Crippen LogP contribution in [0.25, 0.3) is 0 Å². The maximum atomic E-state index is 12.5. The zero-order valence-corrected chi connectivity index (χ0v) is 15.5. The summed E-state index contributed by atoms with van der Waals surface area (Å²) in [6, 6.07) is 9.26. The number of aromatic nitrogens is 2. The lowest BCUT2D eigenvalue weighted by molar-refractivity contribution is -0.139. The third-order valence-corrected chi connectivity index (χ3v) is 4.50. The number of nitrogens with one attached hydrogen (secondary N) is 3. The number of H-pyrrole nitrogens is 1. The van der Waals surface area contributed by atoms with Gasteiger partial charge in [0.2, 0.25) is 5.91 Å². The molecule has 2 rings (SSSR count). The molecule has 0 fully saturated rings. The molecule has 0 saturated carbocycles. The van der Waals surface area contributed by atoms with E-state index < -0.39 is 28.7 Å². The number of rotatable bonds is 6. The number of benzene rings is 1. The van der Waals surface area contributed by atoms with Gasteiger partial charge in [-0.25, -0.2) is 9.78 Å². The molecule has 0 unspecified atom stereocenters. The average Bonchev–Trinajstić information content (AvgIpc) is 2.66. The number of esters is 1. The first-order valence-corrected chi connectivity index (χ1v) is 8.72. The Balaban J connectivity index is 2.32. The predicted octanol–water partition coefficient (Wildman–Crippen LogP) is 0.774. The highest BCUT2D eigenvalue weighted by molar-refractivity contribution is 8.00. The number of carbonyl (C=O) groups is 3. The van der Waals surface area contributed by atoms with Crippen LogP contribution in [0.15, 0.2) is 46.3 Å². The molecule has 1 aromatic heterocycles. The van der Waals surface area contributed by atoms with E-state index in [4.69, 9.17) is 0 Å². The van der Waals surface area contributed by atoms with Gasteiger partial charge in [0.1, 0.15) is 5.25 Å². The van der Waals surface area contributed by atoms with Crippen LogP contribution in [0.3, 0.4) is 0 Å². The fourth-order valence-electron chi connectivity index (χ4n) is 2.10. The zero-order valence-electron chi connectivity index (χ0n) is 14.6. The van der Waals surface area contributed by atoms with Crippen LogP contribution in [-0.2, 0) is 20.7 Å². The number of aromatic amines is 1. The van der Waals surface area contributed by atoms with Gasteiger partial charge in [0.05, 0.1) is 19.2 Å². The van der Waals surface area contributed by atoms with E-state index in [0.29, 0.717) is 5.56 Å². The molecule has 0 aliphatic heterocycles. The van der Waals surface area contributed by atoms with E-state index in [1.165, 1.54) is 20.2 Å². The van der Waals surface area contributed by atoms with Gasteiger partial charge in [-0.05, 0) is 5.56 Å². The van der Waals surface area contributed by atoms with Crippen molar-refractivity contribution in [3.8, 4) is 0 Å². The lowest BCUT2D eigenvalue weighted by atomic mass is 10.1. The van der Waals surface area contributed by atoms with Gasteiger partial charge in [-0.2, -0.15) is 0 Å². The van der Waals surface area contributed by atoms with E-state index in [1.54, 1.807) is 30.3 Å². The Morgan fingerprint density at radius 1 is 1.26 bits per heavy atom. The quantitative estimate of drug-likeness (QED) is 0.377. The van der Waals surface area contributed by atoms with Crippen LogP contribution in [0.4, 0.5) is 4.79 Å². The number of thioether (sulfide) groups is 1. The Morgan fingerprint density at radius 2 is 1.96 bits per heavy atom. The summed E-state index contributed by atoms with van der Waals surface area (Å²) in [4.78, 5) is 54.0. The van der Waals surface area contributed by atoms with E-state index in [-0.39, 0.29) is 17.3 Å². The third kappa shape index (κ3) is 5.96. The van der Waals surface area contributed by atoms with Crippen LogP contribution < -0.4 is 16.2 Å². The molecule has 1 heterocycles. The van der Waals surface area contributed by atoms with Crippen LogP contribution in [0.5, 0.6) is 0 Å². The minimum absolute atomic E-state index is 0.141. The largest absolute Gasteiger partial charge is 0.469 e. The molecule has 3 N–H and O–H groups in total. The average molecular weight is 390 g/mol. The topological polar surface area (TPSA) is 130 Å². The maximum absolute atomic E-state index is 12.5. The van der Waals surface area contributed by atoms with Crippen LogP contribution in [0, 0.1) is 0 Å². The molecule has 0 spiro atoms. The molecule has 27 heavy (non-hydrogen) atoms. The van der Waals surface area contributed by atoms with Crippen molar-refractivity contribution in [2.24, 2.45) is 0 Å². The van der Waals surface area contributed by atoms with Gasteiger partial charge in [-0.15, -0.1) is 0 Å². The van der Waals surface area contributed by atoms with Crippen molar-refractivity contribution in [1.29, 1.82) is 0 Å². The van der Waals surface area contributed by atoms with E-state index in [9.17, 15) is 19.2 Å². The number of nitrogens with zero attached hydrogens (tertiary/aromatic N) is 1. The van der Waals surface area contributed by atoms with Crippen molar-refractivity contribution in [2.75, 3.05) is 14.2 Å². The monoisotopic (exact) mass is 390 g/mol. The molecule has 2 aromatic rings. The van der Waals surface area contributed by atoms with Crippen molar-refractivity contribution in [3.05, 3.63) is 58.0 Å². The van der Waals surface area contributed by atoms with Gasteiger partial charge in [0.25, 0.3) is 5.56 Å². The van der Waals surface area contributed by atoms with Gasteiger partial charge in [-0.1, -0.05) is 42.1 Å². The SMILES string of the molecule is CNC(=O)NC(=O)[C@@H](Sc1nc(CC(=O)OC)cc(=O)[nH]1)c1ccccc1. The molecule has 142 valence electrons. The molecule has 0 radical (unpaired) electrons. The fourth-order valence-corrected chi connectivity index (χ4v) is 3.11. The van der Waals surface area contributed by atoms with Gasteiger partial charge < -0.3 is 15.0 Å². The van der Waals surface area contributed by atoms with Gasteiger partial charge in [0, 0.05) is 13.1 Å². The summed E-state index contributed by atoms with van der Waals surface area (Å²) in [5, 5.41) is 3.82. The van der Waals surface area contributed by atoms with Gasteiger partial charge >= 0.3 is 12.0 Å². The predicted molar refractivity (Wildman–Crippen MR) is 98.2 cm³/mol. The molecule has 0 aliphatic rings. The summed E-state index contributed by atoms with van der Waals surface area (Å²) >= 11 is 0.955. The minimum atomic E-state index is -0.847. The van der Waals surface area contributed by atoms with E-state index in [1.807, 2.05) is 0 Å². The van der Waals surface area contributed by atoms with Crippen LogP contribution >= 0.6 is 11.8 Å². The highest BCUT2D eigenvalue weighted by atomic mass is 32.2. The first kappa shape index (κ1) is 20.2. The Bertz CT molecular complexity index is 884. The fraction of sp³-hybridized carbons (Fsp3) is 0.235. The second kappa shape index (κ2) is 9.53. The number of hydrogen-bond donors (Lipinski definition) is 3.